The molecule has 62 valence electrons. The normalized spacial score (nSPS) is 19.8. The lowest BCUT2D eigenvalue weighted by Gasteiger charge is -2.16. The molecule has 0 aromatic carbocycles. The highest BCUT2D eigenvalue weighted by atomic mass is 14.1. The van der Waals surface area contributed by atoms with Gasteiger partial charge >= 0.3 is 0 Å². The van der Waals surface area contributed by atoms with Crippen molar-refractivity contribution in [2.45, 2.75) is 46.0 Å². The molecule has 0 nitrogen and oxygen atoms in total. The molecule has 1 aliphatic carbocycles. The predicted molar refractivity (Wildman–Crippen MR) is 50.6 cm³/mol. The molecule has 0 atom stereocenters. The quantitative estimate of drug-likeness (QED) is 0.561. The van der Waals surface area contributed by atoms with Crippen LogP contribution < -0.4 is 0 Å². The molecule has 0 unspecified atom stereocenters. The maximum atomic E-state index is 2.29. The Morgan fingerprint density at radius 2 is 2.00 bits per heavy atom. The van der Waals surface area contributed by atoms with Gasteiger partial charge in [-0.25, -0.2) is 0 Å². The molecule has 0 aromatic heterocycles. The molecule has 0 heterocycles. The van der Waals surface area contributed by atoms with Crippen molar-refractivity contribution in [3.63, 3.8) is 0 Å². The Kier molecular flexibility index (Phi) is 3.41. The number of hydrogen-bond donors (Lipinski definition) is 0. The van der Waals surface area contributed by atoms with E-state index in [1.165, 1.54) is 32.1 Å². The van der Waals surface area contributed by atoms with E-state index >= 15 is 0 Å². The van der Waals surface area contributed by atoms with Gasteiger partial charge in [-0.1, -0.05) is 24.6 Å². The third-order valence-electron chi connectivity index (χ3n) is 2.42. The molecule has 0 aromatic rings. The van der Waals surface area contributed by atoms with Gasteiger partial charge in [0.25, 0.3) is 0 Å². The highest BCUT2D eigenvalue weighted by molar-refractivity contribution is 5.27. The van der Waals surface area contributed by atoms with Crippen molar-refractivity contribution in [3.05, 3.63) is 23.3 Å². The van der Waals surface area contributed by atoms with Crippen molar-refractivity contribution in [3.8, 4) is 0 Å². The summed E-state index contributed by atoms with van der Waals surface area (Å²) in [7, 11) is 0. The van der Waals surface area contributed by atoms with Crippen LogP contribution in [0, 0.1) is 0 Å². The van der Waals surface area contributed by atoms with E-state index in [4.69, 9.17) is 0 Å². The van der Waals surface area contributed by atoms with Crippen LogP contribution in [0.3, 0.4) is 0 Å². The number of hydrogen-bond acceptors (Lipinski definition) is 0. The van der Waals surface area contributed by atoms with Gasteiger partial charge in [-0.2, -0.15) is 0 Å². The third-order valence-corrected chi connectivity index (χ3v) is 2.42. The van der Waals surface area contributed by atoms with Gasteiger partial charge in [-0.3, -0.25) is 0 Å². The second-order valence-electron chi connectivity index (χ2n) is 3.19. The Morgan fingerprint density at radius 1 is 1.27 bits per heavy atom. The maximum Gasteiger partial charge on any atom is -0.0279 e. The van der Waals surface area contributed by atoms with Crippen molar-refractivity contribution in [2.75, 3.05) is 0 Å². The molecule has 1 aliphatic rings. The molecule has 1 rings (SSSR count). The second-order valence-corrected chi connectivity index (χ2v) is 3.19. The Hall–Kier alpha value is -0.520. The average molecular weight is 150 g/mol. The van der Waals surface area contributed by atoms with Crippen LogP contribution in [0.4, 0.5) is 0 Å². The highest BCUT2D eigenvalue weighted by Crippen LogP contribution is 2.27. The summed E-state index contributed by atoms with van der Waals surface area (Å²) in [4.78, 5) is 0. The molecule has 0 aliphatic heterocycles. The first-order valence-electron chi connectivity index (χ1n) is 4.72. The van der Waals surface area contributed by atoms with Crippen molar-refractivity contribution in [1.82, 2.24) is 0 Å². The fourth-order valence-electron chi connectivity index (χ4n) is 1.80. The highest BCUT2D eigenvalue weighted by Gasteiger charge is 2.07. The third kappa shape index (κ3) is 2.21. The van der Waals surface area contributed by atoms with Gasteiger partial charge < -0.3 is 0 Å². The number of rotatable bonds is 2. The molecule has 0 saturated carbocycles. The van der Waals surface area contributed by atoms with E-state index in [-0.39, 0.29) is 0 Å². The summed E-state index contributed by atoms with van der Waals surface area (Å²) in [6.45, 7) is 4.37. The van der Waals surface area contributed by atoms with Crippen LogP contribution in [0.1, 0.15) is 46.0 Å². The van der Waals surface area contributed by atoms with Crippen LogP contribution in [-0.2, 0) is 0 Å². The van der Waals surface area contributed by atoms with Crippen LogP contribution in [0.15, 0.2) is 23.3 Å². The first-order chi connectivity index (χ1) is 5.38. The Bertz CT molecular complexity index is 172. The molecule has 11 heavy (non-hydrogen) atoms. The smallest absolute Gasteiger partial charge is 0.0279 e. The van der Waals surface area contributed by atoms with Crippen LogP contribution in [0.5, 0.6) is 0 Å². The second kappa shape index (κ2) is 4.38. The Morgan fingerprint density at radius 3 is 2.64 bits per heavy atom. The van der Waals surface area contributed by atoms with Gasteiger partial charge in [-0.05, 0) is 44.6 Å². The minimum absolute atomic E-state index is 1.25. The zero-order valence-corrected chi connectivity index (χ0v) is 7.69. The van der Waals surface area contributed by atoms with Gasteiger partial charge in [-0.15, -0.1) is 0 Å². The van der Waals surface area contributed by atoms with Crippen molar-refractivity contribution >= 4 is 0 Å². The lowest BCUT2D eigenvalue weighted by atomic mass is 9.90. The fraction of sp³-hybridized carbons (Fsp3) is 0.636. The molecule has 0 spiro atoms. The van der Waals surface area contributed by atoms with Crippen LogP contribution in [0.25, 0.3) is 0 Å². The standard InChI is InChI=1S/C11H18/c1-3-7-11-9-6-5-8-10(11)4-2/h3,7H,4-6,8-9H2,1-2H3/b7-3-. The zero-order chi connectivity index (χ0) is 8.10. The molecule has 0 N–H and O–H groups in total. The molecule has 0 amide bonds. The lowest BCUT2D eigenvalue weighted by Crippen LogP contribution is -1.96. The molecular formula is C11H18. The Balaban J connectivity index is 2.72. The van der Waals surface area contributed by atoms with E-state index in [0.717, 1.165) is 0 Å². The summed E-state index contributed by atoms with van der Waals surface area (Å²) in [6, 6.07) is 0. The van der Waals surface area contributed by atoms with E-state index in [2.05, 4.69) is 26.0 Å². The Labute approximate surface area is 70.0 Å². The van der Waals surface area contributed by atoms with Crippen molar-refractivity contribution in [2.24, 2.45) is 0 Å². The average Bonchev–Trinajstić information content (AvgIpc) is 2.06. The first kappa shape index (κ1) is 8.58. The van der Waals surface area contributed by atoms with E-state index in [1.54, 1.807) is 11.1 Å². The molecule has 0 heteroatoms. The summed E-state index contributed by atoms with van der Waals surface area (Å²) >= 11 is 0. The molecule has 0 saturated heterocycles. The number of allylic oxidation sites excluding steroid dienone is 4. The van der Waals surface area contributed by atoms with E-state index < -0.39 is 0 Å². The van der Waals surface area contributed by atoms with Gasteiger partial charge in [0.05, 0.1) is 0 Å². The fourth-order valence-corrected chi connectivity index (χ4v) is 1.80. The molecular weight excluding hydrogens is 132 g/mol. The van der Waals surface area contributed by atoms with Crippen LogP contribution >= 0.6 is 0 Å². The molecule has 0 fully saturated rings. The maximum absolute atomic E-state index is 2.29. The minimum Gasteiger partial charge on any atom is -0.0874 e. The van der Waals surface area contributed by atoms with Gasteiger partial charge in [0.15, 0.2) is 0 Å². The SMILES string of the molecule is C/C=C\C1=C(CC)CCCC1. The summed E-state index contributed by atoms with van der Waals surface area (Å²) < 4.78 is 0. The van der Waals surface area contributed by atoms with Gasteiger partial charge in [0.1, 0.15) is 0 Å². The summed E-state index contributed by atoms with van der Waals surface area (Å²) in [6.07, 6.45) is 11.2. The zero-order valence-electron chi connectivity index (χ0n) is 7.69. The van der Waals surface area contributed by atoms with E-state index in [1.807, 2.05) is 0 Å². The van der Waals surface area contributed by atoms with Crippen LogP contribution in [0.2, 0.25) is 0 Å². The van der Waals surface area contributed by atoms with E-state index in [9.17, 15) is 0 Å². The van der Waals surface area contributed by atoms with Gasteiger partial charge in [0.2, 0.25) is 0 Å². The molecule has 0 bridgehead atoms. The largest absolute Gasteiger partial charge is 0.0874 e. The monoisotopic (exact) mass is 150 g/mol. The minimum atomic E-state index is 1.25. The topological polar surface area (TPSA) is 0 Å². The molecule has 0 radical (unpaired) electrons. The first-order valence-corrected chi connectivity index (χ1v) is 4.72. The summed E-state index contributed by atoms with van der Waals surface area (Å²) in [5.74, 6) is 0. The van der Waals surface area contributed by atoms with E-state index in [0.29, 0.717) is 0 Å². The van der Waals surface area contributed by atoms with Crippen molar-refractivity contribution < 1.29 is 0 Å². The lowest BCUT2D eigenvalue weighted by molar-refractivity contribution is 0.666. The summed E-state index contributed by atoms with van der Waals surface area (Å²) in [5.41, 5.74) is 3.30. The predicted octanol–water partition coefficient (Wildman–Crippen LogP) is 3.84. The summed E-state index contributed by atoms with van der Waals surface area (Å²) in [5, 5.41) is 0. The van der Waals surface area contributed by atoms with Gasteiger partial charge in [0, 0.05) is 0 Å². The van der Waals surface area contributed by atoms with Crippen LogP contribution in [-0.4, -0.2) is 0 Å². The van der Waals surface area contributed by atoms with Crippen molar-refractivity contribution in [1.29, 1.82) is 0 Å².